The number of hydrogen-bond acceptors (Lipinski definition) is 7. The van der Waals surface area contributed by atoms with Crippen LogP contribution in [-0.4, -0.2) is 58.1 Å². The molecule has 1 aromatic carbocycles. The van der Waals surface area contributed by atoms with Gasteiger partial charge in [-0.25, -0.2) is 27.2 Å². The van der Waals surface area contributed by atoms with Crippen LogP contribution in [0.25, 0.3) is 11.0 Å². The molecular formula is C23H29N5O4S. The number of likely N-dealkylation sites (tertiary alicyclic amines) is 1. The highest BCUT2D eigenvalue weighted by Gasteiger charge is 2.28. The highest BCUT2D eigenvalue weighted by atomic mass is 32.2. The second-order valence-corrected chi connectivity index (χ2v) is 11.1. The molecule has 1 amide bonds. The zero-order valence-corrected chi connectivity index (χ0v) is 19.9. The number of piperidine rings is 1. The number of nitrogens with zero attached hydrogens (tertiary/aromatic N) is 4. The van der Waals surface area contributed by atoms with Gasteiger partial charge in [-0.1, -0.05) is 30.3 Å². The van der Waals surface area contributed by atoms with Gasteiger partial charge in [-0.2, -0.15) is 0 Å². The fourth-order valence-corrected chi connectivity index (χ4v) is 5.31. The van der Waals surface area contributed by atoms with Crippen molar-refractivity contribution in [1.82, 2.24) is 18.8 Å². The summed E-state index contributed by atoms with van der Waals surface area (Å²) in [5.74, 6) is 0.419. The molecule has 1 atom stereocenters. The number of amides is 1. The van der Waals surface area contributed by atoms with E-state index in [0.29, 0.717) is 35.5 Å². The first kappa shape index (κ1) is 23.0. The smallest absolute Gasteiger partial charge is 0.410 e. The Balaban J connectivity index is 1.53. The van der Waals surface area contributed by atoms with Crippen LogP contribution in [0, 0.1) is 0 Å². The summed E-state index contributed by atoms with van der Waals surface area (Å²) in [5, 5.41) is 3.99. The summed E-state index contributed by atoms with van der Waals surface area (Å²) in [7, 11) is -3.65. The van der Waals surface area contributed by atoms with Crippen LogP contribution in [0.5, 0.6) is 0 Å². The van der Waals surface area contributed by atoms with Crippen molar-refractivity contribution >= 4 is 33.0 Å². The maximum Gasteiger partial charge on any atom is 0.410 e. The van der Waals surface area contributed by atoms with Crippen molar-refractivity contribution in [2.24, 2.45) is 0 Å². The normalized spacial score (nSPS) is 17.2. The van der Waals surface area contributed by atoms with Crippen LogP contribution in [0.4, 0.5) is 10.6 Å². The molecular weight excluding hydrogens is 442 g/mol. The van der Waals surface area contributed by atoms with Crippen molar-refractivity contribution < 1.29 is 17.9 Å². The van der Waals surface area contributed by atoms with E-state index in [1.165, 1.54) is 16.5 Å². The third-order valence-corrected chi connectivity index (χ3v) is 6.95. The fraction of sp³-hybridized carbons (Fsp3) is 0.435. The van der Waals surface area contributed by atoms with Crippen molar-refractivity contribution in [3.05, 3.63) is 54.5 Å². The Kier molecular flexibility index (Phi) is 6.29. The van der Waals surface area contributed by atoms with Crippen LogP contribution >= 0.6 is 0 Å². The third kappa shape index (κ3) is 5.44. The van der Waals surface area contributed by atoms with E-state index < -0.39 is 15.6 Å². The summed E-state index contributed by atoms with van der Waals surface area (Å²) in [6.45, 7) is 6.66. The van der Waals surface area contributed by atoms with E-state index in [1.807, 2.05) is 39.0 Å². The summed E-state index contributed by atoms with van der Waals surface area (Å²) in [6.07, 6.45) is 4.22. The lowest BCUT2D eigenvalue weighted by molar-refractivity contribution is 0.0206. The van der Waals surface area contributed by atoms with Gasteiger partial charge in [0.15, 0.2) is 5.65 Å². The van der Waals surface area contributed by atoms with Crippen LogP contribution < -0.4 is 5.32 Å². The molecule has 3 aromatic rings. The average Bonchev–Trinajstić information content (AvgIpc) is 3.19. The molecule has 9 nitrogen and oxygen atoms in total. The Hall–Kier alpha value is -3.14. The van der Waals surface area contributed by atoms with Gasteiger partial charge >= 0.3 is 6.09 Å². The number of rotatable bonds is 5. The van der Waals surface area contributed by atoms with Gasteiger partial charge in [-0.15, -0.1) is 0 Å². The number of anilines is 1. The standard InChI is InChI=1S/C23H29N5O4S/c1-23(2,3)32-22(29)27-12-7-10-18(14-27)26-20-19-11-13-28(21(19)25-16-24-20)33(30,31)15-17-8-5-4-6-9-17/h4-6,8-9,11,13,16,18H,7,10,12,14-15H2,1-3H3,(H,24,25,26)/t18-/m1/s1. The molecule has 3 heterocycles. The lowest BCUT2D eigenvalue weighted by Gasteiger charge is -2.34. The lowest BCUT2D eigenvalue weighted by Crippen LogP contribution is -2.47. The number of hydrogen-bond donors (Lipinski definition) is 1. The molecule has 1 fully saturated rings. The largest absolute Gasteiger partial charge is 0.444 e. The van der Waals surface area contributed by atoms with E-state index in [1.54, 1.807) is 23.1 Å². The number of aromatic nitrogens is 3. The van der Waals surface area contributed by atoms with Crippen molar-refractivity contribution in [3.8, 4) is 0 Å². The van der Waals surface area contributed by atoms with Crippen LogP contribution in [-0.2, 0) is 20.5 Å². The van der Waals surface area contributed by atoms with E-state index in [-0.39, 0.29) is 17.9 Å². The molecule has 176 valence electrons. The molecule has 33 heavy (non-hydrogen) atoms. The molecule has 1 saturated heterocycles. The van der Waals surface area contributed by atoms with Gasteiger partial charge in [-0.3, -0.25) is 0 Å². The maximum absolute atomic E-state index is 13.0. The van der Waals surface area contributed by atoms with Gasteiger partial charge in [0.05, 0.1) is 11.1 Å². The Labute approximate surface area is 193 Å². The Morgan fingerprint density at radius 2 is 1.94 bits per heavy atom. The lowest BCUT2D eigenvalue weighted by atomic mass is 10.1. The van der Waals surface area contributed by atoms with Crippen molar-refractivity contribution in [2.45, 2.75) is 51.0 Å². The van der Waals surface area contributed by atoms with Crippen LogP contribution in [0.2, 0.25) is 0 Å². The van der Waals surface area contributed by atoms with Gasteiger partial charge < -0.3 is 15.0 Å². The Morgan fingerprint density at radius 1 is 1.18 bits per heavy atom. The van der Waals surface area contributed by atoms with E-state index in [4.69, 9.17) is 4.74 Å². The SMILES string of the molecule is CC(C)(C)OC(=O)N1CCC[C@@H](Nc2ncnc3c2ccn3S(=O)(=O)Cc2ccccc2)C1. The van der Waals surface area contributed by atoms with Gasteiger partial charge in [0.1, 0.15) is 17.7 Å². The van der Waals surface area contributed by atoms with Crippen LogP contribution in [0.3, 0.4) is 0 Å². The summed E-state index contributed by atoms with van der Waals surface area (Å²) < 4.78 is 32.8. The monoisotopic (exact) mass is 471 g/mol. The minimum absolute atomic E-state index is 0.0337. The van der Waals surface area contributed by atoms with Gasteiger partial charge in [-0.05, 0) is 45.2 Å². The van der Waals surface area contributed by atoms with Crippen molar-refractivity contribution in [3.63, 3.8) is 0 Å². The third-order valence-electron chi connectivity index (χ3n) is 5.35. The number of carbonyl (C=O) groups excluding carboxylic acids is 1. The zero-order valence-electron chi connectivity index (χ0n) is 19.1. The first-order valence-corrected chi connectivity index (χ1v) is 12.6. The molecule has 0 saturated carbocycles. The molecule has 1 N–H and O–H groups in total. The minimum atomic E-state index is -3.65. The van der Waals surface area contributed by atoms with Gasteiger partial charge in [0.25, 0.3) is 0 Å². The number of nitrogens with one attached hydrogen (secondary N) is 1. The summed E-state index contributed by atoms with van der Waals surface area (Å²) >= 11 is 0. The molecule has 0 radical (unpaired) electrons. The molecule has 0 bridgehead atoms. The molecule has 0 spiro atoms. The average molecular weight is 472 g/mol. The van der Waals surface area contributed by atoms with E-state index >= 15 is 0 Å². The zero-order chi connectivity index (χ0) is 23.6. The summed E-state index contributed by atoms with van der Waals surface area (Å²) in [5.41, 5.74) is 0.476. The number of carbonyl (C=O) groups is 1. The minimum Gasteiger partial charge on any atom is -0.444 e. The van der Waals surface area contributed by atoms with Crippen LogP contribution in [0.15, 0.2) is 48.9 Å². The molecule has 1 aliphatic rings. The molecule has 4 rings (SSSR count). The van der Waals surface area contributed by atoms with E-state index in [9.17, 15) is 13.2 Å². The Bertz CT molecular complexity index is 1230. The molecule has 2 aromatic heterocycles. The predicted octanol–water partition coefficient (Wildman–Crippen LogP) is 3.62. The second kappa shape index (κ2) is 9.01. The fourth-order valence-electron chi connectivity index (χ4n) is 3.90. The molecule has 10 heteroatoms. The maximum atomic E-state index is 13.0. The molecule has 0 unspecified atom stereocenters. The summed E-state index contributed by atoms with van der Waals surface area (Å²) in [4.78, 5) is 22.7. The Morgan fingerprint density at radius 3 is 2.67 bits per heavy atom. The topological polar surface area (TPSA) is 106 Å². The van der Waals surface area contributed by atoms with Crippen molar-refractivity contribution in [2.75, 3.05) is 18.4 Å². The number of benzene rings is 1. The molecule has 0 aliphatic carbocycles. The van der Waals surface area contributed by atoms with E-state index in [0.717, 1.165) is 12.8 Å². The molecule has 1 aliphatic heterocycles. The summed E-state index contributed by atoms with van der Waals surface area (Å²) in [6, 6.07) is 10.7. The highest BCUT2D eigenvalue weighted by molar-refractivity contribution is 7.89. The van der Waals surface area contributed by atoms with Crippen molar-refractivity contribution in [1.29, 1.82) is 0 Å². The predicted molar refractivity (Wildman–Crippen MR) is 126 cm³/mol. The highest BCUT2D eigenvalue weighted by Crippen LogP contribution is 2.25. The quantitative estimate of drug-likeness (QED) is 0.606. The van der Waals surface area contributed by atoms with Gasteiger partial charge in [0.2, 0.25) is 10.0 Å². The van der Waals surface area contributed by atoms with E-state index in [2.05, 4.69) is 15.3 Å². The number of ether oxygens (including phenoxy) is 1. The first-order valence-electron chi connectivity index (χ1n) is 11.0. The first-order chi connectivity index (χ1) is 15.6. The second-order valence-electron chi connectivity index (χ2n) is 9.22. The van der Waals surface area contributed by atoms with Gasteiger partial charge in [0, 0.05) is 25.3 Å². The van der Waals surface area contributed by atoms with Crippen LogP contribution in [0.1, 0.15) is 39.2 Å². The number of fused-ring (bicyclic) bond motifs is 1.